The molecule has 2 atom stereocenters. The fourth-order valence-electron chi connectivity index (χ4n) is 2.50. The summed E-state index contributed by atoms with van der Waals surface area (Å²) in [5, 5.41) is 6.87. The van der Waals surface area contributed by atoms with Crippen molar-refractivity contribution in [3.8, 4) is 5.75 Å². The summed E-state index contributed by atoms with van der Waals surface area (Å²) in [4.78, 5) is 0. The van der Waals surface area contributed by atoms with Crippen LogP contribution >= 0.6 is 0 Å². The van der Waals surface area contributed by atoms with E-state index in [0.717, 1.165) is 31.1 Å². The van der Waals surface area contributed by atoms with Gasteiger partial charge in [-0.1, -0.05) is 12.1 Å². The monoisotopic (exact) mass is 250 g/mol. The van der Waals surface area contributed by atoms with Gasteiger partial charge in [-0.05, 0) is 31.2 Å². The third-order valence-corrected chi connectivity index (χ3v) is 3.44. The Morgan fingerprint density at radius 3 is 2.89 bits per heavy atom. The number of likely N-dealkylation sites (N-methyl/N-ethyl adjacent to an activating group) is 1. The van der Waals surface area contributed by atoms with Gasteiger partial charge in [0.2, 0.25) is 0 Å². The van der Waals surface area contributed by atoms with E-state index in [4.69, 9.17) is 9.47 Å². The predicted molar refractivity (Wildman–Crippen MR) is 72.1 cm³/mol. The van der Waals surface area contributed by atoms with Gasteiger partial charge in [-0.15, -0.1) is 0 Å². The summed E-state index contributed by atoms with van der Waals surface area (Å²) in [7, 11) is 3.69. The minimum atomic E-state index is 0.259. The molecule has 0 spiro atoms. The minimum absolute atomic E-state index is 0.259. The van der Waals surface area contributed by atoms with Gasteiger partial charge >= 0.3 is 0 Å². The van der Waals surface area contributed by atoms with Crippen molar-refractivity contribution in [2.75, 3.05) is 33.9 Å². The van der Waals surface area contributed by atoms with Gasteiger partial charge in [0.25, 0.3) is 0 Å². The highest BCUT2D eigenvalue weighted by atomic mass is 16.5. The highest BCUT2D eigenvalue weighted by molar-refractivity contribution is 5.37. The second-order valence-corrected chi connectivity index (χ2v) is 4.63. The number of methoxy groups -OCH3 is 1. The molecular weight excluding hydrogens is 228 g/mol. The van der Waals surface area contributed by atoms with Crippen LogP contribution in [-0.2, 0) is 4.74 Å². The summed E-state index contributed by atoms with van der Waals surface area (Å²) < 4.78 is 10.8. The maximum absolute atomic E-state index is 5.53. The van der Waals surface area contributed by atoms with Crippen molar-refractivity contribution in [3.05, 3.63) is 29.3 Å². The topological polar surface area (TPSA) is 42.5 Å². The van der Waals surface area contributed by atoms with E-state index in [2.05, 4.69) is 29.7 Å². The molecule has 1 fully saturated rings. The van der Waals surface area contributed by atoms with Crippen LogP contribution in [-0.4, -0.2) is 40.0 Å². The van der Waals surface area contributed by atoms with Gasteiger partial charge in [0.1, 0.15) is 5.75 Å². The lowest BCUT2D eigenvalue weighted by molar-refractivity contribution is 0.0645. The molecule has 2 N–H and O–H groups in total. The number of nitrogens with one attached hydrogen (secondary N) is 2. The molecule has 0 aliphatic carbocycles. The second-order valence-electron chi connectivity index (χ2n) is 4.63. The van der Waals surface area contributed by atoms with Crippen molar-refractivity contribution in [2.24, 2.45) is 0 Å². The standard InChI is InChI=1S/C14H22N2O2/c1-10-8-11(4-5-13(10)17-3)14(15-2)12-9-18-7-6-16-12/h4-5,8,12,14-16H,6-7,9H2,1-3H3. The molecule has 0 bridgehead atoms. The molecule has 1 aliphatic heterocycles. The summed E-state index contributed by atoms with van der Waals surface area (Å²) in [5.74, 6) is 0.932. The van der Waals surface area contributed by atoms with Crippen molar-refractivity contribution in [1.82, 2.24) is 10.6 Å². The third-order valence-electron chi connectivity index (χ3n) is 3.44. The Balaban J connectivity index is 2.18. The van der Waals surface area contributed by atoms with Crippen LogP contribution in [0.15, 0.2) is 18.2 Å². The Hall–Kier alpha value is -1.10. The van der Waals surface area contributed by atoms with Gasteiger partial charge in [-0.2, -0.15) is 0 Å². The zero-order chi connectivity index (χ0) is 13.0. The van der Waals surface area contributed by atoms with Crippen molar-refractivity contribution in [1.29, 1.82) is 0 Å². The number of morpholine rings is 1. The SMILES string of the molecule is CNC(c1ccc(OC)c(C)c1)C1COCCN1. The third kappa shape index (κ3) is 2.83. The molecule has 1 aliphatic rings. The number of benzene rings is 1. The van der Waals surface area contributed by atoms with Crippen LogP contribution < -0.4 is 15.4 Å². The van der Waals surface area contributed by atoms with Gasteiger partial charge in [0.15, 0.2) is 0 Å². The average molecular weight is 250 g/mol. The molecule has 0 amide bonds. The van der Waals surface area contributed by atoms with Gasteiger partial charge in [-0.3, -0.25) is 0 Å². The summed E-state index contributed by atoms with van der Waals surface area (Å²) in [6.45, 7) is 4.53. The number of hydrogen-bond donors (Lipinski definition) is 2. The Kier molecular flexibility index (Phi) is 4.58. The predicted octanol–water partition coefficient (Wildman–Crippen LogP) is 1.25. The normalized spacial score (nSPS) is 21.6. The van der Waals surface area contributed by atoms with E-state index >= 15 is 0 Å². The maximum atomic E-state index is 5.53. The van der Waals surface area contributed by atoms with Crippen LogP contribution in [0.3, 0.4) is 0 Å². The highest BCUT2D eigenvalue weighted by Gasteiger charge is 2.24. The quantitative estimate of drug-likeness (QED) is 0.844. The van der Waals surface area contributed by atoms with Crippen molar-refractivity contribution >= 4 is 0 Å². The summed E-state index contributed by atoms with van der Waals surface area (Å²) in [5.41, 5.74) is 2.42. The van der Waals surface area contributed by atoms with Crippen LogP contribution in [0.1, 0.15) is 17.2 Å². The maximum Gasteiger partial charge on any atom is 0.121 e. The first-order chi connectivity index (χ1) is 8.76. The number of aryl methyl sites for hydroxylation is 1. The van der Waals surface area contributed by atoms with E-state index in [1.54, 1.807) is 7.11 Å². The van der Waals surface area contributed by atoms with Crippen LogP contribution in [0.2, 0.25) is 0 Å². The molecule has 0 saturated carbocycles. The van der Waals surface area contributed by atoms with E-state index in [-0.39, 0.29) is 6.04 Å². The summed E-state index contributed by atoms with van der Waals surface area (Å²) in [6, 6.07) is 6.89. The van der Waals surface area contributed by atoms with Gasteiger partial charge < -0.3 is 20.1 Å². The lowest BCUT2D eigenvalue weighted by Gasteiger charge is -2.31. The minimum Gasteiger partial charge on any atom is -0.496 e. The molecule has 1 saturated heterocycles. The van der Waals surface area contributed by atoms with Gasteiger partial charge in [0, 0.05) is 12.6 Å². The molecule has 4 heteroatoms. The largest absolute Gasteiger partial charge is 0.496 e. The van der Waals surface area contributed by atoms with Crippen molar-refractivity contribution in [2.45, 2.75) is 19.0 Å². The Bertz CT molecular complexity index is 389. The van der Waals surface area contributed by atoms with Gasteiger partial charge in [0.05, 0.1) is 26.4 Å². The first-order valence-corrected chi connectivity index (χ1v) is 6.39. The van der Waals surface area contributed by atoms with Crippen LogP contribution in [0.4, 0.5) is 0 Å². The first kappa shape index (κ1) is 13.3. The van der Waals surface area contributed by atoms with E-state index in [1.165, 1.54) is 5.56 Å². The Labute approximate surface area is 109 Å². The molecule has 1 heterocycles. The molecule has 0 aromatic heterocycles. The van der Waals surface area contributed by atoms with Crippen molar-refractivity contribution < 1.29 is 9.47 Å². The number of hydrogen-bond acceptors (Lipinski definition) is 4. The summed E-state index contributed by atoms with van der Waals surface area (Å²) in [6.07, 6.45) is 0. The van der Waals surface area contributed by atoms with E-state index in [9.17, 15) is 0 Å². The molecule has 0 radical (unpaired) electrons. The van der Waals surface area contributed by atoms with Crippen molar-refractivity contribution in [3.63, 3.8) is 0 Å². The lowest BCUT2D eigenvalue weighted by atomic mass is 9.97. The molecule has 2 rings (SSSR count). The number of ether oxygens (including phenoxy) is 2. The zero-order valence-corrected chi connectivity index (χ0v) is 11.3. The van der Waals surface area contributed by atoms with Gasteiger partial charge in [-0.25, -0.2) is 0 Å². The van der Waals surface area contributed by atoms with Crippen LogP contribution in [0.5, 0.6) is 5.75 Å². The molecular formula is C14H22N2O2. The highest BCUT2D eigenvalue weighted by Crippen LogP contribution is 2.24. The number of rotatable bonds is 4. The van der Waals surface area contributed by atoms with Crippen LogP contribution in [0.25, 0.3) is 0 Å². The Morgan fingerprint density at radius 2 is 2.33 bits per heavy atom. The molecule has 1 aromatic rings. The first-order valence-electron chi connectivity index (χ1n) is 6.39. The molecule has 18 heavy (non-hydrogen) atoms. The molecule has 1 aromatic carbocycles. The van der Waals surface area contributed by atoms with E-state index < -0.39 is 0 Å². The zero-order valence-electron chi connectivity index (χ0n) is 11.3. The summed E-state index contributed by atoms with van der Waals surface area (Å²) >= 11 is 0. The molecule has 2 unspecified atom stereocenters. The average Bonchev–Trinajstić information content (AvgIpc) is 2.41. The Morgan fingerprint density at radius 1 is 1.50 bits per heavy atom. The molecule has 100 valence electrons. The second kappa shape index (κ2) is 6.18. The smallest absolute Gasteiger partial charge is 0.121 e. The fourth-order valence-corrected chi connectivity index (χ4v) is 2.50. The van der Waals surface area contributed by atoms with E-state index in [1.807, 2.05) is 13.1 Å². The molecule has 4 nitrogen and oxygen atoms in total. The lowest BCUT2D eigenvalue weighted by Crippen LogP contribution is -2.48. The fraction of sp³-hybridized carbons (Fsp3) is 0.571. The van der Waals surface area contributed by atoms with E-state index in [0.29, 0.717) is 6.04 Å². The van der Waals surface area contributed by atoms with Crippen LogP contribution in [0, 0.1) is 6.92 Å².